The Morgan fingerprint density at radius 2 is 1.63 bits per heavy atom. The van der Waals surface area contributed by atoms with Gasteiger partial charge in [0, 0.05) is 11.0 Å². The fourth-order valence-electron chi connectivity index (χ4n) is 1.79. The summed E-state index contributed by atoms with van der Waals surface area (Å²) in [5.74, 6) is -0.0114. The molecule has 0 atom stereocenters. The van der Waals surface area contributed by atoms with Crippen molar-refractivity contribution in [2.45, 2.75) is 17.2 Å². The molecule has 0 aliphatic carbocycles. The van der Waals surface area contributed by atoms with Gasteiger partial charge in [-0.3, -0.25) is 0 Å². The van der Waals surface area contributed by atoms with Crippen LogP contribution in [0.3, 0.4) is 0 Å². The minimum atomic E-state index is -3.32. The first-order valence-electron chi connectivity index (χ1n) is 5.77. The van der Waals surface area contributed by atoms with E-state index in [2.05, 4.69) is 15.9 Å². The first-order valence-corrected chi connectivity index (χ1v) is 8.22. The number of hydrogen-bond acceptors (Lipinski definition) is 3. The summed E-state index contributed by atoms with van der Waals surface area (Å²) in [5, 5.41) is 0. The monoisotopic (exact) mass is 339 g/mol. The minimum absolute atomic E-state index is 0.0114. The zero-order chi connectivity index (χ0) is 13.9. The lowest BCUT2D eigenvalue weighted by molar-refractivity contribution is 0.595. The lowest BCUT2D eigenvalue weighted by atomic mass is 10.1. The van der Waals surface area contributed by atoms with Gasteiger partial charge in [0.2, 0.25) is 0 Å². The van der Waals surface area contributed by atoms with E-state index in [1.807, 2.05) is 18.2 Å². The van der Waals surface area contributed by atoms with E-state index in [-0.39, 0.29) is 5.75 Å². The number of nitrogens with two attached hydrogens (primary N) is 1. The normalized spacial score (nSPS) is 11.5. The molecule has 0 amide bonds. The number of benzene rings is 2. The van der Waals surface area contributed by atoms with Crippen molar-refractivity contribution in [3.63, 3.8) is 0 Å². The van der Waals surface area contributed by atoms with Crippen molar-refractivity contribution in [2.24, 2.45) is 5.73 Å². The zero-order valence-corrected chi connectivity index (χ0v) is 12.6. The smallest absolute Gasteiger partial charge is 0.182 e. The van der Waals surface area contributed by atoms with Crippen LogP contribution in [0.4, 0.5) is 0 Å². The molecule has 3 nitrogen and oxygen atoms in total. The van der Waals surface area contributed by atoms with Gasteiger partial charge < -0.3 is 5.73 Å². The Kier molecular flexibility index (Phi) is 4.39. The van der Waals surface area contributed by atoms with E-state index >= 15 is 0 Å². The van der Waals surface area contributed by atoms with Gasteiger partial charge in [-0.15, -0.1) is 0 Å². The van der Waals surface area contributed by atoms with Crippen LogP contribution >= 0.6 is 15.9 Å². The highest BCUT2D eigenvalue weighted by molar-refractivity contribution is 9.10. The molecule has 0 aliphatic rings. The molecule has 2 N–H and O–H groups in total. The number of sulfone groups is 1. The van der Waals surface area contributed by atoms with Crippen molar-refractivity contribution < 1.29 is 8.42 Å². The Hall–Kier alpha value is -1.17. The predicted molar refractivity (Wildman–Crippen MR) is 79.4 cm³/mol. The third-order valence-electron chi connectivity index (χ3n) is 2.76. The van der Waals surface area contributed by atoms with E-state index in [0.717, 1.165) is 15.6 Å². The highest BCUT2D eigenvalue weighted by atomic mass is 79.9. The van der Waals surface area contributed by atoms with E-state index in [1.54, 1.807) is 30.3 Å². The average molecular weight is 340 g/mol. The van der Waals surface area contributed by atoms with Gasteiger partial charge in [0.1, 0.15) is 0 Å². The van der Waals surface area contributed by atoms with Crippen LogP contribution < -0.4 is 5.73 Å². The summed E-state index contributed by atoms with van der Waals surface area (Å²) in [5.41, 5.74) is 7.24. The van der Waals surface area contributed by atoms with Crippen LogP contribution in [0.5, 0.6) is 0 Å². The molecular formula is C14H14BrNO2S. The number of halogens is 1. The molecule has 0 fully saturated rings. The largest absolute Gasteiger partial charge is 0.326 e. The maximum atomic E-state index is 12.3. The highest BCUT2D eigenvalue weighted by Gasteiger charge is 2.15. The third kappa shape index (κ3) is 3.65. The fraction of sp³-hybridized carbons (Fsp3) is 0.143. The Morgan fingerprint density at radius 3 is 2.26 bits per heavy atom. The van der Waals surface area contributed by atoms with Gasteiger partial charge >= 0.3 is 0 Å². The molecule has 0 unspecified atom stereocenters. The highest BCUT2D eigenvalue weighted by Crippen LogP contribution is 2.19. The molecule has 5 heteroatoms. The molecule has 0 heterocycles. The second-order valence-electron chi connectivity index (χ2n) is 4.24. The summed E-state index contributed by atoms with van der Waals surface area (Å²) in [6, 6.07) is 14.0. The fourth-order valence-corrected chi connectivity index (χ4v) is 3.39. The summed E-state index contributed by atoms with van der Waals surface area (Å²) in [7, 11) is -3.32. The molecule has 2 rings (SSSR count). The topological polar surface area (TPSA) is 60.2 Å². The Balaban J connectivity index is 2.28. The number of hydrogen-bond donors (Lipinski definition) is 1. The summed E-state index contributed by atoms with van der Waals surface area (Å²) in [6.45, 7) is 0.409. The molecule has 0 bridgehead atoms. The molecule has 100 valence electrons. The van der Waals surface area contributed by atoms with Gasteiger partial charge in [0.25, 0.3) is 0 Å². The van der Waals surface area contributed by atoms with Crippen molar-refractivity contribution >= 4 is 25.8 Å². The molecule has 0 aliphatic heterocycles. The van der Waals surface area contributed by atoms with Crippen LogP contribution in [0.1, 0.15) is 11.1 Å². The Morgan fingerprint density at radius 1 is 1.00 bits per heavy atom. The zero-order valence-electron chi connectivity index (χ0n) is 10.2. The van der Waals surface area contributed by atoms with Crippen molar-refractivity contribution in [1.82, 2.24) is 0 Å². The first-order chi connectivity index (χ1) is 9.01. The van der Waals surface area contributed by atoms with Gasteiger partial charge in [-0.2, -0.15) is 0 Å². The van der Waals surface area contributed by atoms with E-state index in [9.17, 15) is 8.42 Å². The molecule has 0 radical (unpaired) electrons. The number of rotatable bonds is 4. The van der Waals surface area contributed by atoms with Gasteiger partial charge in [0.15, 0.2) is 9.84 Å². The third-order valence-corrected chi connectivity index (χ3v) is 4.99. The van der Waals surface area contributed by atoms with E-state index in [0.29, 0.717) is 11.4 Å². The molecule has 0 saturated carbocycles. The van der Waals surface area contributed by atoms with Gasteiger partial charge in [-0.05, 0) is 35.4 Å². The molecule has 0 aromatic heterocycles. The van der Waals surface area contributed by atoms with Gasteiger partial charge in [-0.25, -0.2) is 8.42 Å². The predicted octanol–water partition coefficient (Wildman–Crippen LogP) is 2.88. The molecule has 0 spiro atoms. The van der Waals surface area contributed by atoms with E-state index < -0.39 is 9.84 Å². The van der Waals surface area contributed by atoms with Gasteiger partial charge in [-0.1, -0.05) is 40.2 Å². The van der Waals surface area contributed by atoms with Crippen LogP contribution in [-0.4, -0.2) is 8.42 Å². The van der Waals surface area contributed by atoms with Crippen molar-refractivity contribution in [1.29, 1.82) is 0 Å². The van der Waals surface area contributed by atoms with Crippen molar-refractivity contribution in [3.8, 4) is 0 Å². The lowest BCUT2D eigenvalue weighted by Crippen LogP contribution is -2.06. The Labute approximate surface area is 121 Å². The molecular weight excluding hydrogens is 326 g/mol. The average Bonchev–Trinajstić information content (AvgIpc) is 2.39. The second-order valence-corrected chi connectivity index (χ2v) is 7.14. The Bertz CT molecular complexity index is 666. The quantitative estimate of drug-likeness (QED) is 0.931. The van der Waals surface area contributed by atoms with E-state index in [4.69, 9.17) is 5.73 Å². The standard InChI is InChI=1S/C14H14BrNO2S/c15-13-4-6-14(7-5-13)19(17,18)10-12-3-1-2-11(8-12)9-16/h1-8H,9-10,16H2. The van der Waals surface area contributed by atoms with Crippen LogP contribution in [0.15, 0.2) is 57.9 Å². The van der Waals surface area contributed by atoms with Crippen LogP contribution in [-0.2, 0) is 22.1 Å². The van der Waals surface area contributed by atoms with Crippen LogP contribution in [0.25, 0.3) is 0 Å². The van der Waals surface area contributed by atoms with Crippen molar-refractivity contribution in [3.05, 3.63) is 64.1 Å². The second kappa shape index (κ2) is 5.86. The van der Waals surface area contributed by atoms with E-state index in [1.165, 1.54) is 0 Å². The minimum Gasteiger partial charge on any atom is -0.326 e. The maximum absolute atomic E-state index is 12.3. The molecule has 0 saturated heterocycles. The first kappa shape index (κ1) is 14.2. The summed E-state index contributed by atoms with van der Waals surface area (Å²) >= 11 is 3.29. The molecule has 19 heavy (non-hydrogen) atoms. The summed E-state index contributed by atoms with van der Waals surface area (Å²) in [4.78, 5) is 0.328. The molecule has 2 aromatic carbocycles. The van der Waals surface area contributed by atoms with Crippen LogP contribution in [0.2, 0.25) is 0 Å². The summed E-state index contributed by atoms with van der Waals surface area (Å²) in [6.07, 6.45) is 0. The maximum Gasteiger partial charge on any atom is 0.182 e. The summed E-state index contributed by atoms with van der Waals surface area (Å²) < 4.78 is 25.4. The molecule has 2 aromatic rings. The van der Waals surface area contributed by atoms with Crippen LogP contribution in [0, 0.1) is 0 Å². The van der Waals surface area contributed by atoms with Gasteiger partial charge in [0.05, 0.1) is 10.6 Å². The lowest BCUT2D eigenvalue weighted by Gasteiger charge is -2.06. The van der Waals surface area contributed by atoms with Crippen molar-refractivity contribution in [2.75, 3.05) is 0 Å². The SMILES string of the molecule is NCc1cccc(CS(=O)(=O)c2ccc(Br)cc2)c1.